The molecule has 8 nitrogen and oxygen atoms in total. The van der Waals surface area contributed by atoms with Crippen molar-refractivity contribution in [2.75, 3.05) is 38.8 Å². The summed E-state index contributed by atoms with van der Waals surface area (Å²) < 4.78 is 15.9. The first-order valence-corrected chi connectivity index (χ1v) is 9.94. The smallest absolute Gasteiger partial charge is 0.312 e. The lowest BCUT2D eigenvalue weighted by molar-refractivity contribution is -0.161. The maximum absolute atomic E-state index is 12.6. The molecule has 2 aliphatic rings. The summed E-state index contributed by atoms with van der Waals surface area (Å²) in [5.41, 5.74) is 0.458. The maximum atomic E-state index is 12.6. The first-order valence-electron chi connectivity index (χ1n) is 9.56. The number of nitrogens with zero attached hydrogens (tertiary/aromatic N) is 2. The molecule has 2 unspecified atom stereocenters. The van der Waals surface area contributed by atoms with Crippen molar-refractivity contribution in [2.24, 2.45) is 5.92 Å². The van der Waals surface area contributed by atoms with Gasteiger partial charge in [-0.3, -0.25) is 14.4 Å². The van der Waals surface area contributed by atoms with Crippen LogP contribution in [0.2, 0.25) is 5.02 Å². The Labute approximate surface area is 174 Å². The van der Waals surface area contributed by atoms with Crippen molar-refractivity contribution in [1.82, 2.24) is 4.90 Å². The van der Waals surface area contributed by atoms with E-state index in [1.807, 2.05) is 0 Å². The molecule has 1 aromatic carbocycles. The van der Waals surface area contributed by atoms with E-state index in [9.17, 15) is 14.4 Å². The summed E-state index contributed by atoms with van der Waals surface area (Å²) in [7, 11) is 2.96. The third kappa shape index (κ3) is 4.42. The summed E-state index contributed by atoms with van der Waals surface area (Å²) in [5.74, 6) is -0.831. The highest BCUT2D eigenvalue weighted by Gasteiger charge is 2.39. The number of carbonyl (C=O) groups is 3. The van der Waals surface area contributed by atoms with Gasteiger partial charge < -0.3 is 24.0 Å². The van der Waals surface area contributed by atoms with E-state index in [4.69, 9.17) is 25.8 Å². The number of hydrogen-bond acceptors (Lipinski definition) is 6. The zero-order valence-corrected chi connectivity index (χ0v) is 17.5. The molecule has 9 heteroatoms. The lowest BCUT2D eigenvalue weighted by atomic mass is 10.1. The van der Waals surface area contributed by atoms with Gasteiger partial charge >= 0.3 is 5.97 Å². The summed E-state index contributed by atoms with van der Waals surface area (Å²) in [6, 6.07) is 3.16. The molecule has 0 bridgehead atoms. The van der Waals surface area contributed by atoms with Crippen LogP contribution in [-0.2, 0) is 19.1 Å². The first-order chi connectivity index (χ1) is 13.8. The second kappa shape index (κ2) is 8.90. The van der Waals surface area contributed by atoms with Gasteiger partial charge in [0, 0.05) is 32.1 Å². The van der Waals surface area contributed by atoms with Crippen LogP contribution in [0, 0.1) is 5.92 Å². The number of methoxy groups -OCH3 is 2. The van der Waals surface area contributed by atoms with E-state index in [1.54, 1.807) is 24.0 Å². The molecule has 3 rings (SSSR count). The van der Waals surface area contributed by atoms with Crippen molar-refractivity contribution >= 4 is 35.1 Å². The fraction of sp³-hybridized carbons (Fsp3) is 0.550. The predicted octanol–water partition coefficient (Wildman–Crippen LogP) is 2.26. The summed E-state index contributed by atoms with van der Waals surface area (Å²) >= 11 is 6.20. The van der Waals surface area contributed by atoms with Crippen LogP contribution in [0.3, 0.4) is 0 Å². The SMILES string of the molecule is COc1cc(OC)c(N2CC(C(=O)OC(C)C(=O)N3CCCC3)CC2=O)cc1Cl. The Morgan fingerprint density at radius 2 is 1.79 bits per heavy atom. The molecular weight excluding hydrogens is 400 g/mol. The van der Waals surface area contributed by atoms with Crippen LogP contribution in [0.15, 0.2) is 12.1 Å². The molecule has 2 aliphatic heterocycles. The Hall–Kier alpha value is -2.48. The van der Waals surface area contributed by atoms with Gasteiger partial charge in [-0.1, -0.05) is 11.6 Å². The number of likely N-dealkylation sites (tertiary alicyclic amines) is 1. The zero-order chi connectivity index (χ0) is 21.1. The summed E-state index contributed by atoms with van der Waals surface area (Å²) in [6.07, 6.45) is 1.06. The number of hydrogen-bond donors (Lipinski definition) is 0. The Balaban J connectivity index is 1.69. The third-order valence-electron chi connectivity index (χ3n) is 5.26. The average molecular weight is 425 g/mol. The van der Waals surface area contributed by atoms with Crippen molar-refractivity contribution in [3.8, 4) is 11.5 Å². The Kier molecular flexibility index (Phi) is 6.52. The van der Waals surface area contributed by atoms with Gasteiger partial charge in [0.25, 0.3) is 5.91 Å². The number of amides is 2. The largest absolute Gasteiger partial charge is 0.495 e. The van der Waals surface area contributed by atoms with Crippen molar-refractivity contribution in [2.45, 2.75) is 32.3 Å². The number of ether oxygens (including phenoxy) is 3. The van der Waals surface area contributed by atoms with E-state index < -0.39 is 18.0 Å². The standard InChI is InChI=1S/C20H25ClN2O6/c1-12(19(25)22-6-4-5-7-22)29-20(26)13-8-18(24)23(11-13)15-9-14(21)16(27-2)10-17(15)28-3/h9-10,12-13H,4-8,11H2,1-3H3. The predicted molar refractivity (Wildman–Crippen MR) is 106 cm³/mol. The van der Waals surface area contributed by atoms with Crippen LogP contribution in [-0.4, -0.2) is 62.6 Å². The highest BCUT2D eigenvalue weighted by Crippen LogP contribution is 2.40. The van der Waals surface area contributed by atoms with Gasteiger partial charge in [-0.05, 0) is 25.8 Å². The minimum absolute atomic E-state index is 0.00371. The van der Waals surface area contributed by atoms with Crippen LogP contribution < -0.4 is 14.4 Å². The Morgan fingerprint density at radius 1 is 1.14 bits per heavy atom. The molecule has 2 amide bonds. The van der Waals surface area contributed by atoms with E-state index in [1.165, 1.54) is 19.1 Å². The molecule has 0 saturated carbocycles. The summed E-state index contributed by atoms with van der Waals surface area (Å²) in [6.45, 7) is 3.07. The number of rotatable bonds is 6. The summed E-state index contributed by atoms with van der Waals surface area (Å²) in [4.78, 5) is 40.6. The number of carbonyl (C=O) groups excluding carboxylic acids is 3. The average Bonchev–Trinajstić information content (AvgIpc) is 3.37. The monoisotopic (exact) mass is 424 g/mol. The van der Waals surface area contributed by atoms with Crippen molar-refractivity contribution < 1.29 is 28.6 Å². The van der Waals surface area contributed by atoms with Crippen LogP contribution in [0.1, 0.15) is 26.2 Å². The van der Waals surface area contributed by atoms with Crippen LogP contribution in [0.25, 0.3) is 0 Å². The quantitative estimate of drug-likeness (QED) is 0.651. The zero-order valence-electron chi connectivity index (χ0n) is 16.8. The molecule has 2 heterocycles. The summed E-state index contributed by atoms with van der Waals surface area (Å²) in [5, 5.41) is 0.326. The van der Waals surface area contributed by atoms with Gasteiger partial charge in [-0.15, -0.1) is 0 Å². The van der Waals surface area contributed by atoms with Gasteiger partial charge in [0.2, 0.25) is 5.91 Å². The molecular formula is C20H25ClN2O6. The fourth-order valence-electron chi connectivity index (χ4n) is 3.67. The minimum atomic E-state index is -0.866. The van der Waals surface area contributed by atoms with Crippen molar-refractivity contribution in [3.05, 3.63) is 17.2 Å². The molecule has 0 radical (unpaired) electrons. The van der Waals surface area contributed by atoms with Gasteiger partial charge in [-0.25, -0.2) is 0 Å². The topological polar surface area (TPSA) is 85.4 Å². The van der Waals surface area contributed by atoms with Crippen LogP contribution in [0.4, 0.5) is 5.69 Å². The molecule has 2 fully saturated rings. The second-order valence-corrected chi connectivity index (χ2v) is 7.58. The molecule has 29 heavy (non-hydrogen) atoms. The Morgan fingerprint density at radius 3 is 2.41 bits per heavy atom. The van der Waals surface area contributed by atoms with Gasteiger partial charge in [0.1, 0.15) is 11.5 Å². The molecule has 158 valence electrons. The van der Waals surface area contributed by atoms with E-state index in [-0.39, 0.29) is 24.8 Å². The molecule has 2 atom stereocenters. The first kappa shape index (κ1) is 21.2. The van der Waals surface area contributed by atoms with E-state index >= 15 is 0 Å². The normalized spacial score (nSPS) is 20.0. The third-order valence-corrected chi connectivity index (χ3v) is 5.56. The van der Waals surface area contributed by atoms with E-state index in [0.717, 1.165) is 12.8 Å². The molecule has 1 aromatic rings. The maximum Gasteiger partial charge on any atom is 0.312 e. The van der Waals surface area contributed by atoms with Crippen molar-refractivity contribution in [1.29, 1.82) is 0 Å². The minimum Gasteiger partial charge on any atom is -0.495 e. The second-order valence-electron chi connectivity index (χ2n) is 7.18. The van der Waals surface area contributed by atoms with Gasteiger partial charge in [0.15, 0.2) is 6.10 Å². The lowest BCUT2D eigenvalue weighted by Gasteiger charge is -2.22. The molecule has 2 saturated heterocycles. The van der Waals surface area contributed by atoms with Crippen LogP contribution >= 0.6 is 11.6 Å². The Bertz CT molecular complexity index is 808. The molecule has 0 N–H and O–H groups in total. The molecule has 0 aliphatic carbocycles. The number of halogens is 1. The van der Waals surface area contributed by atoms with E-state index in [2.05, 4.69) is 0 Å². The highest BCUT2D eigenvalue weighted by atomic mass is 35.5. The fourth-order valence-corrected chi connectivity index (χ4v) is 3.90. The molecule has 0 spiro atoms. The number of benzene rings is 1. The lowest BCUT2D eigenvalue weighted by Crippen LogP contribution is -2.39. The van der Waals surface area contributed by atoms with Gasteiger partial charge in [-0.2, -0.15) is 0 Å². The van der Waals surface area contributed by atoms with Crippen LogP contribution in [0.5, 0.6) is 11.5 Å². The number of anilines is 1. The molecule has 0 aromatic heterocycles. The van der Waals surface area contributed by atoms with Crippen molar-refractivity contribution in [3.63, 3.8) is 0 Å². The van der Waals surface area contributed by atoms with Gasteiger partial charge in [0.05, 0.1) is 30.8 Å². The highest BCUT2D eigenvalue weighted by molar-refractivity contribution is 6.32. The number of esters is 1. The van der Waals surface area contributed by atoms with E-state index in [0.29, 0.717) is 35.3 Å².